The van der Waals surface area contributed by atoms with Gasteiger partial charge >= 0.3 is 5.97 Å². The number of hydrogen-bond acceptors (Lipinski definition) is 5. The van der Waals surface area contributed by atoms with Crippen LogP contribution in [0.4, 0.5) is 0 Å². The van der Waals surface area contributed by atoms with E-state index in [1.807, 2.05) is 19.0 Å². The molecule has 1 N–H and O–H groups in total. The van der Waals surface area contributed by atoms with Gasteiger partial charge in [-0.05, 0) is 27.4 Å². The summed E-state index contributed by atoms with van der Waals surface area (Å²) in [6, 6.07) is 0. The SMILES string of the molecule is CCOC(=O)C(CCN(C)C)=C1NC(=O)CS1. The number of esters is 1. The second-order valence-corrected chi connectivity index (χ2v) is 4.90. The Balaban J connectivity index is 2.78. The summed E-state index contributed by atoms with van der Waals surface area (Å²) in [5.41, 5.74) is 0.566. The van der Waals surface area contributed by atoms with Crippen molar-refractivity contribution >= 4 is 23.6 Å². The summed E-state index contributed by atoms with van der Waals surface area (Å²) in [5.74, 6) is -0.0177. The minimum atomic E-state index is -0.334. The number of rotatable bonds is 5. The summed E-state index contributed by atoms with van der Waals surface area (Å²) < 4.78 is 5.00. The second kappa shape index (κ2) is 6.66. The average molecular weight is 258 g/mol. The molecule has 0 radical (unpaired) electrons. The largest absolute Gasteiger partial charge is 0.463 e. The van der Waals surface area contributed by atoms with Crippen molar-refractivity contribution in [3.05, 3.63) is 10.6 Å². The zero-order chi connectivity index (χ0) is 12.8. The van der Waals surface area contributed by atoms with Crippen LogP contribution in [0.2, 0.25) is 0 Å². The summed E-state index contributed by atoms with van der Waals surface area (Å²) in [6.45, 7) is 2.86. The highest BCUT2D eigenvalue weighted by atomic mass is 32.2. The van der Waals surface area contributed by atoms with Gasteiger partial charge < -0.3 is 15.0 Å². The normalized spacial score (nSPS) is 18.2. The number of thioether (sulfide) groups is 1. The third kappa shape index (κ3) is 4.40. The molecule has 0 bridgehead atoms. The van der Waals surface area contributed by atoms with E-state index in [1.165, 1.54) is 11.8 Å². The molecule has 6 heteroatoms. The maximum absolute atomic E-state index is 11.8. The highest BCUT2D eigenvalue weighted by Gasteiger charge is 2.24. The molecule has 96 valence electrons. The van der Waals surface area contributed by atoms with E-state index in [9.17, 15) is 9.59 Å². The minimum Gasteiger partial charge on any atom is -0.463 e. The first-order chi connectivity index (χ1) is 8.04. The van der Waals surface area contributed by atoms with Crippen molar-refractivity contribution in [3.63, 3.8) is 0 Å². The van der Waals surface area contributed by atoms with Crippen LogP contribution >= 0.6 is 11.8 Å². The molecule has 0 unspecified atom stereocenters. The number of nitrogens with zero attached hydrogens (tertiary/aromatic N) is 1. The van der Waals surface area contributed by atoms with Crippen LogP contribution < -0.4 is 5.32 Å². The molecule has 0 aromatic heterocycles. The molecule has 1 heterocycles. The molecule has 0 aromatic carbocycles. The second-order valence-electron chi connectivity index (χ2n) is 3.92. The highest BCUT2D eigenvalue weighted by molar-refractivity contribution is 8.04. The van der Waals surface area contributed by atoms with Gasteiger partial charge in [0.05, 0.1) is 23.0 Å². The molecule has 17 heavy (non-hydrogen) atoms. The van der Waals surface area contributed by atoms with E-state index in [0.29, 0.717) is 29.4 Å². The molecular weight excluding hydrogens is 240 g/mol. The number of carbonyl (C=O) groups is 2. The lowest BCUT2D eigenvalue weighted by Crippen LogP contribution is -2.22. The van der Waals surface area contributed by atoms with Gasteiger partial charge in [-0.2, -0.15) is 0 Å². The molecule has 1 aliphatic rings. The lowest BCUT2D eigenvalue weighted by molar-refractivity contribution is -0.138. The van der Waals surface area contributed by atoms with Gasteiger partial charge in [-0.3, -0.25) is 4.79 Å². The summed E-state index contributed by atoms with van der Waals surface area (Å²) in [4.78, 5) is 24.9. The monoisotopic (exact) mass is 258 g/mol. The Morgan fingerprint density at radius 3 is 2.71 bits per heavy atom. The number of nitrogens with one attached hydrogen (secondary N) is 1. The fraction of sp³-hybridized carbons (Fsp3) is 0.636. The first-order valence-corrected chi connectivity index (χ1v) is 6.50. The highest BCUT2D eigenvalue weighted by Crippen LogP contribution is 2.25. The number of carbonyl (C=O) groups excluding carboxylic acids is 2. The molecular formula is C11H18N2O3S. The molecule has 0 atom stereocenters. The van der Waals surface area contributed by atoms with Gasteiger partial charge in [-0.1, -0.05) is 11.8 Å². The Labute approximate surface area is 106 Å². The Bertz CT molecular complexity index is 340. The molecule has 0 spiro atoms. The van der Waals surface area contributed by atoms with E-state index in [1.54, 1.807) is 6.92 Å². The topological polar surface area (TPSA) is 58.6 Å². The molecule has 1 rings (SSSR count). The van der Waals surface area contributed by atoms with Crippen molar-refractivity contribution < 1.29 is 14.3 Å². The molecule has 1 fully saturated rings. The summed E-state index contributed by atoms with van der Waals surface area (Å²) in [5, 5.41) is 3.35. The Kier molecular flexibility index (Phi) is 5.50. The first kappa shape index (κ1) is 14.1. The molecule has 0 saturated carbocycles. The minimum absolute atomic E-state index is 0.0587. The van der Waals surface area contributed by atoms with Crippen LogP contribution in [0.25, 0.3) is 0 Å². The molecule has 5 nitrogen and oxygen atoms in total. The van der Waals surface area contributed by atoms with Gasteiger partial charge in [-0.25, -0.2) is 4.79 Å². The maximum atomic E-state index is 11.8. The van der Waals surface area contributed by atoms with Gasteiger partial charge in [-0.15, -0.1) is 0 Å². The van der Waals surface area contributed by atoms with Crippen molar-refractivity contribution in [2.75, 3.05) is 33.0 Å². The quantitative estimate of drug-likeness (QED) is 0.577. The van der Waals surface area contributed by atoms with Crippen LogP contribution in [-0.4, -0.2) is 49.8 Å². The Morgan fingerprint density at radius 2 is 2.24 bits per heavy atom. The van der Waals surface area contributed by atoms with Gasteiger partial charge in [0, 0.05) is 6.54 Å². The molecule has 1 saturated heterocycles. The van der Waals surface area contributed by atoms with Crippen LogP contribution in [0.5, 0.6) is 0 Å². The van der Waals surface area contributed by atoms with Gasteiger partial charge in [0.2, 0.25) is 5.91 Å². The lowest BCUT2D eigenvalue weighted by atomic mass is 10.2. The summed E-state index contributed by atoms with van der Waals surface area (Å²) >= 11 is 1.36. The Morgan fingerprint density at radius 1 is 1.53 bits per heavy atom. The third-order valence-electron chi connectivity index (χ3n) is 2.21. The predicted octanol–water partition coefficient (Wildman–Crippen LogP) is 0.576. The van der Waals surface area contributed by atoms with Crippen molar-refractivity contribution in [1.29, 1.82) is 0 Å². The van der Waals surface area contributed by atoms with Crippen molar-refractivity contribution in [2.24, 2.45) is 0 Å². The van der Waals surface area contributed by atoms with Gasteiger partial charge in [0.15, 0.2) is 0 Å². The van der Waals surface area contributed by atoms with E-state index in [2.05, 4.69) is 5.32 Å². The molecule has 1 amide bonds. The van der Waals surface area contributed by atoms with Crippen LogP contribution in [-0.2, 0) is 14.3 Å². The van der Waals surface area contributed by atoms with E-state index >= 15 is 0 Å². The zero-order valence-corrected chi connectivity index (χ0v) is 11.2. The first-order valence-electron chi connectivity index (χ1n) is 5.52. The molecule has 0 aliphatic carbocycles. The molecule has 1 aliphatic heterocycles. The van der Waals surface area contributed by atoms with E-state index < -0.39 is 0 Å². The Hall–Kier alpha value is -1.01. The van der Waals surface area contributed by atoms with E-state index in [-0.39, 0.29) is 11.9 Å². The number of amides is 1. The van der Waals surface area contributed by atoms with Crippen LogP contribution in [0.3, 0.4) is 0 Å². The standard InChI is InChI=1S/C11H18N2O3S/c1-4-16-11(15)8(5-6-13(2)3)10-12-9(14)7-17-10/h4-7H2,1-3H3,(H,12,14). The zero-order valence-electron chi connectivity index (χ0n) is 10.4. The summed E-state index contributed by atoms with van der Waals surface area (Å²) in [7, 11) is 3.88. The smallest absolute Gasteiger partial charge is 0.336 e. The predicted molar refractivity (Wildman–Crippen MR) is 67.4 cm³/mol. The van der Waals surface area contributed by atoms with Crippen LogP contribution in [0.15, 0.2) is 10.6 Å². The van der Waals surface area contributed by atoms with Crippen molar-refractivity contribution in [2.45, 2.75) is 13.3 Å². The van der Waals surface area contributed by atoms with Crippen molar-refractivity contribution in [1.82, 2.24) is 10.2 Å². The summed E-state index contributed by atoms with van der Waals surface area (Å²) in [6.07, 6.45) is 0.578. The lowest BCUT2D eigenvalue weighted by Gasteiger charge is -2.13. The fourth-order valence-corrected chi connectivity index (χ4v) is 2.25. The number of ether oxygens (including phenoxy) is 1. The van der Waals surface area contributed by atoms with Gasteiger partial charge in [0.25, 0.3) is 0 Å². The molecule has 0 aromatic rings. The third-order valence-corrected chi connectivity index (χ3v) is 3.25. The van der Waals surface area contributed by atoms with E-state index in [0.717, 1.165) is 6.54 Å². The maximum Gasteiger partial charge on any atom is 0.336 e. The van der Waals surface area contributed by atoms with Crippen molar-refractivity contribution in [3.8, 4) is 0 Å². The fourth-order valence-electron chi connectivity index (χ4n) is 1.36. The van der Waals surface area contributed by atoms with Crippen LogP contribution in [0.1, 0.15) is 13.3 Å². The van der Waals surface area contributed by atoms with E-state index in [4.69, 9.17) is 4.74 Å². The number of hydrogen-bond donors (Lipinski definition) is 1. The average Bonchev–Trinajstić information content (AvgIpc) is 2.65. The van der Waals surface area contributed by atoms with Gasteiger partial charge in [0.1, 0.15) is 0 Å². The van der Waals surface area contributed by atoms with Crippen LogP contribution in [0, 0.1) is 0 Å².